The van der Waals surface area contributed by atoms with Crippen LogP contribution in [0.3, 0.4) is 0 Å². The van der Waals surface area contributed by atoms with E-state index in [9.17, 15) is 4.39 Å². The molecule has 1 fully saturated rings. The minimum absolute atomic E-state index is 0.0322. The lowest BCUT2D eigenvalue weighted by molar-refractivity contribution is 0.0255. The highest BCUT2D eigenvalue weighted by molar-refractivity contribution is 5.95. The molecule has 6 heteroatoms. The number of methoxy groups -OCH3 is 1. The molecule has 4 rings (SSSR count). The van der Waals surface area contributed by atoms with Gasteiger partial charge in [0.15, 0.2) is 0 Å². The molecular weight excluding hydrogens is 309 g/mol. The number of ether oxygens (including phenoxy) is 2. The van der Waals surface area contributed by atoms with Crippen LogP contribution in [0.1, 0.15) is 11.8 Å². The number of nitrogens with one attached hydrogen (secondary N) is 2. The number of benzene rings is 1. The van der Waals surface area contributed by atoms with Crippen molar-refractivity contribution in [3.05, 3.63) is 48.0 Å². The van der Waals surface area contributed by atoms with E-state index in [0.717, 1.165) is 35.4 Å². The molecule has 1 aliphatic rings. The van der Waals surface area contributed by atoms with Gasteiger partial charge in [0.2, 0.25) is 0 Å². The first-order valence-corrected chi connectivity index (χ1v) is 7.90. The molecule has 124 valence electrons. The summed E-state index contributed by atoms with van der Waals surface area (Å²) < 4.78 is 24.9. The lowest BCUT2D eigenvalue weighted by Crippen LogP contribution is -2.33. The van der Waals surface area contributed by atoms with Gasteiger partial charge in [0.25, 0.3) is 0 Å². The number of pyridine rings is 1. The minimum atomic E-state index is -0.300. The summed E-state index contributed by atoms with van der Waals surface area (Å²) >= 11 is 0. The minimum Gasteiger partial charge on any atom is -0.496 e. The molecule has 0 amide bonds. The molecule has 0 saturated carbocycles. The number of rotatable bonds is 3. The van der Waals surface area contributed by atoms with Gasteiger partial charge < -0.3 is 19.8 Å². The Morgan fingerprint density at radius 3 is 2.96 bits per heavy atom. The zero-order valence-corrected chi connectivity index (χ0v) is 13.3. The number of halogens is 1. The maximum atomic E-state index is 13.8. The standard InChI is InChI=1S/C18H18FN3O2/c1-23-16-3-2-11(19)8-13(16)12-4-5-21-18-14(12)9-15(22-18)17-10-20-6-7-24-17/h2-5,8-9,17,20H,6-7,10H2,1H3,(H,21,22)/t17-/m1/s1. The van der Waals surface area contributed by atoms with Crippen molar-refractivity contribution in [3.8, 4) is 16.9 Å². The fraction of sp³-hybridized carbons (Fsp3) is 0.278. The van der Waals surface area contributed by atoms with Crippen molar-refractivity contribution in [2.75, 3.05) is 26.8 Å². The van der Waals surface area contributed by atoms with Crippen molar-refractivity contribution >= 4 is 11.0 Å². The van der Waals surface area contributed by atoms with Gasteiger partial charge in [-0.3, -0.25) is 0 Å². The van der Waals surface area contributed by atoms with Crippen LogP contribution in [-0.2, 0) is 4.74 Å². The van der Waals surface area contributed by atoms with Gasteiger partial charge in [-0.15, -0.1) is 0 Å². The van der Waals surface area contributed by atoms with E-state index in [0.29, 0.717) is 17.9 Å². The predicted octanol–water partition coefficient (Wildman–Crippen LogP) is 3.04. The molecule has 0 bridgehead atoms. The Morgan fingerprint density at radius 1 is 1.25 bits per heavy atom. The summed E-state index contributed by atoms with van der Waals surface area (Å²) in [7, 11) is 1.58. The van der Waals surface area contributed by atoms with Gasteiger partial charge in [-0.2, -0.15) is 0 Å². The maximum Gasteiger partial charge on any atom is 0.138 e. The van der Waals surface area contributed by atoms with Crippen molar-refractivity contribution in [1.82, 2.24) is 15.3 Å². The molecule has 3 heterocycles. The molecule has 0 radical (unpaired) electrons. The van der Waals surface area contributed by atoms with Crippen molar-refractivity contribution < 1.29 is 13.9 Å². The Hall–Kier alpha value is -2.44. The third kappa shape index (κ3) is 2.64. The van der Waals surface area contributed by atoms with Crippen LogP contribution in [-0.4, -0.2) is 36.8 Å². The number of aromatic nitrogens is 2. The summed E-state index contributed by atoms with van der Waals surface area (Å²) in [5, 5.41) is 4.24. The Balaban J connectivity index is 1.84. The largest absolute Gasteiger partial charge is 0.496 e. The first-order chi connectivity index (χ1) is 11.8. The average Bonchev–Trinajstić information content (AvgIpc) is 3.06. The van der Waals surface area contributed by atoms with Crippen LogP contribution in [0, 0.1) is 5.82 Å². The van der Waals surface area contributed by atoms with E-state index in [1.54, 1.807) is 19.4 Å². The number of H-pyrrole nitrogens is 1. The molecule has 1 saturated heterocycles. The van der Waals surface area contributed by atoms with Crippen molar-refractivity contribution in [1.29, 1.82) is 0 Å². The van der Waals surface area contributed by atoms with Crippen LogP contribution in [0.5, 0.6) is 5.75 Å². The zero-order chi connectivity index (χ0) is 16.5. The summed E-state index contributed by atoms with van der Waals surface area (Å²) in [6, 6.07) is 8.42. The molecule has 0 aliphatic carbocycles. The third-order valence-corrected chi connectivity index (χ3v) is 4.28. The summed E-state index contributed by atoms with van der Waals surface area (Å²) in [6.07, 6.45) is 1.68. The quantitative estimate of drug-likeness (QED) is 0.776. The number of hydrogen-bond acceptors (Lipinski definition) is 4. The van der Waals surface area contributed by atoms with E-state index in [2.05, 4.69) is 15.3 Å². The normalized spacial score (nSPS) is 18.0. The molecule has 5 nitrogen and oxygen atoms in total. The Labute approximate surface area is 138 Å². The predicted molar refractivity (Wildman–Crippen MR) is 89.6 cm³/mol. The van der Waals surface area contributed by atoms with E-state index in [4.69, 9.17) is 9.47 Å². The molecule has 1 aromatic carbocycles. The van der Waals surface area contributed by atoms with Gasteiger partial charge in [-0.25, -0.2) is 9.37 Å². The van der Waals surface area contributed by atoms with Crippen LogP contribution < -0.4 is 10.1 Å². The highest BCUT2D eigenvalue weighted by Crippen LogP contribution is 2.36. The molecule has 0 spiro atoms. The molecule has 0 unspecified atom stereocenters. The number of hydrogen-bond donors (Lipinski definition) is 2. The highest BCUT2D eigenvalue weighted by atomic mass is 19.1. The smallest absolute Gasteiger partial charge is 0.138 e. The van der Waals surface area contributed by atoms with E-state index in [1.165, 1.54) is 12.1 Å². The average molecular weight is 327 g/mol. The van der Waals surface area contributed by atoms with E-state index in [1.807, 2.05) is 12.1 Å². The van der Waals surface area contributed by atoms with Gasteiger partial charge in [0, 0.05) is 35.9 Å². The van der Waals surface area contributed by atoms with Gasteiger partial charge in [-0.1, -0.05) is 0 Å². The zero-order valence-electron chi connectivity index (χ0n) is 13.3. The highest BCUT2D eigenvalue weighted by Gasteiger charge is 2.20. The van der Waals surface area contributed by atoms with Gasteiger partial charge >= 0.3 is 0 Å². The van der Waals surface area contributed by atoms with Crippen molar-refractivity contribution in [2.45, 2.75) is 6.10 Å². The van der Waals surface area contributed by atoms with Crippen LogP contribution in [0.25, 0.3) is 22.2 Å². The first-order valence-electron chi connectivity index (χ1n) is 7.90. The number of nitrogens with zero attached hydrogens (tertiary/aromatic N) is 1. The first kappa shape index (κ1) is 15.1. The lowest BCUT2D eigenvalue weighted by atomic mass is 10.0. The monoisotopic (exact) mass is 327 g/mol. The molecule has 3 aromatic rings. The summed E-state index contributed by atoms with van der Waals surface area (Å²) in [4.78, 5) is 7.71. The second-order valence-electron chi connectivity index (χ2n) is 5.75. The molecule has 1 aliphatic heterocycles. The van der Waals surface area contributed by atoms with Crippen LogP contribution in [0.4, 0.5) is 4.39 Å². The molecular formula is C18H18FN3O2. The second-order valence-corrected chi connectivity index (χ2v) is 5.75. The second kappa shape index (κ2) is 6.22. The molecule has 2 N–H and O–H groups in total. The van der Waals surface area contributed by atoms with E-state index < -0.39 is 0 Å². The van der Waals surface area contributed by atoms with E-state index >= 15 is 0 Å². The molecule has 1 atom stereocenters. The summed E-state index contributed by atoms with van der Waals surface area (Å²) in [5.74, 6) is 0.327. The number of fused-ring (bicyclic) bond motifs is 1. The SMILES string of the molecule is COc1ccc(F)cc1-c1ccnc2[nH]c([C@H]3CNCCO3)cc12. The van der Waals surface area contributed by atoms with E-state index in [-0.39, 0.29) is 11.9 Å². The van der Waals surface area contributed by atoms with Gasteiger partial charge in [0.05, 0.1) is 13.7 Å². The Kier molecular flexibility index (Phi) is 3.92. The lowest BCUT2D eigenvalue weighted by Gasteiger charge is -2.22. The van der Waals surface area contributed by atoms with Crippen LogP contribution in [0.2, 0.25) is 0 Å². The Morgan fingerprint density at radius 2 is 2.17 bits per heavy atom. The molecule has 2 aromatic heterocycles. The van der Waals surface area contributed by atoms with Crippen LogP contribution >= 0.6 is 0 Å². The topological polar surface area (TPSA) is 59.2 Å². The van der Waals surface area contributed by atoms with Gasteiger partial charge in [-0.05, 0) is 35.9 Å². The fourth-order valence-corrected chi connectivity index (χ4v) is 3.11. The van der Waals surface area contributed by atoms with Crippen molar-refractivity contribution in [2.24, 2.45) is 0 Å². The molecule has 24 heavy (non-hydrogen) atoms. The number of morpholine rings is 1. The fourth-order valence-electron chi connectivity index (χ4n) is 3.11. The number of aromatic amines is 1. The third-order valence-electron chi connectivity index (χ3n) is 4.28. The van der Waals surface area contributed by atoms with Crippen LogP contribution in [0.15, 0.2) is 36.5 Å². The summed E-state index contributed by atoms with van der Waals surface area (Å²) in [5.41, 5.74) is 3.30. The van der Waals surface area contributed by atoms with Crippen molar-refractivity contribution in [3.63, 3.8) is 0 Å². The maximum absolute atomic E-state index is 13.8. The van der Waals surface area contributed by atoms with Gasteiger partial charge in [0.1, 0.15) is 23.3 Å². The summed E-state index contributed by atoms with van der Waals surface area (Å²) in [6.45, 7) is 2.30. The Bertz CT molecular complexity index is 872.